The summed E-state index contributed by atoms with van der Waals surface area (Å²) in [7, 11) is 5.82. The molecule has 10 N–H and O–H groups in total. The van der Waals surface area contributed by atoms with Gasteiger partial charge in [0.15, 0.2) is 11.8 Å². The first kappa shape index (κ1) is 67.0. The fourth-order valence-corrected chi connectivity index (χ4v) is 10.5. The summed E-state index contributed by atoms with van der Waals surface area (Å²) in [5, 5.41) is 68.0. The maximum absolute atomic E-state index is 14.4. The first-order valence-electron chi connectivity index (χ1n) is 27.7. The normalized spacial score (nSPS) is 28.7. The number of rotatable bonds is 20. The van der Waals surface area contributed by atoms with Crippen molar-refractivity contribution in [1.82, 2.24) is 35.8 Å². The van der Waals surface area contributed by atoms with Gasteiger partial charge < -0.3 is 88.7 Å². The quantitative estimate of drug-likeness (QED) is 0.0249. The molecular weight excluding hydrogens is 1170 g/mol. The molecule has 0 saturated carbocycles. The van der Waals surface area contributed by atoms with Crippen LogP contribution in [0.2, 0.25) is 5.02 Å². The Morgan fingerprint density at radius 1 is 1.06 bits per heavy atom. The second-order valence-corrected chi connectivity index (χ2v) is 22.1. The molecule has 3 saturated heterocycles. The standard InChI is InChI=1S/C56H74ClN9O21/c1-28-11-9-12-39(80-8)56(78)24-38(84-54(77)61-56)29(2)48-55(4,87-48)40(23-42(68)65(6)35-21-32(19-28)22-37(79-7)43(35)57)85-51(75)30(3)64(5)41(67)13-10-17-66-26-33(62-63-66)25-60-53(76)81-27-31-14-15-36(34(20-31)49(72)59-16-18-82-58)83-52-46(71)44(69)45(70)47(86-52)50(73)74/h9,11-12,14-15,20-22,26,29-30,38-40,44-48,52,69-71,78H,10,13,16-19,23-25,27,58H2,1-8H3,(H,59,72)(H,60,76)(H,61,77)(H,73,74)/b12-9+,28-11+/t29-,30?,38+,39-,40+,44+,45+,46-,47+,48+,52-,55+,56+/m1/s1. The van der Waals surface area contributed by atoms with Crippen LogP contribution in [0.4, 0.5) is 15.3 Å². The Balaban J connectivity index is 0.949. The molecule has 3 aromatic rings. The van der Waals surface area contributed by atoms with Crippen LogP contribution in [-0.4, -0.2) is 201 Å². The molecule has 1 aromatic heterocycles. The lowest BCUT2D eigenvalue weighted by Gasteiger charge is -2.42. The third kappa shape index (κ3) is 16.2. The topological polar surface area (TPSA) is 406 Å². The van der Waals surface area contributed by atoms with E-state index >= 15 is 0 Å². The van der Waals surface area contributed by atoms with E-state index in [-0.39, 0.29) is 74.0 Å². The van der Waals surface area contributed by atoms with Crippen LogP contribution in [-0.2, 0) is 78.6 Å². The van der Waals surface area contributed by atoms with Gasteiger partial charge in [-0.3, -0.25) is 24.4 Å². The first-order valence-corrected chi connectivity index (χ1v) is 28.1. The molecule has 7 rings (SSSR count). The van der Waals surface area contributed by atoms with Gasteiger partial charge in [-0.15, -0.1) is 5.10 Å². The molecule has 0 aliphatic carbocycles. The molecule has 4 aliphatic heterocycles. The van der Waals surface area contributed by atoms with Crippen LogP contribution < -0.4 is 36.2 Å². The van der Waals surface area contributed by atoms with Gasteiger partial charge >= 0.3 is 24.1 Å². The predicted molar refractivity (Wildman–Crippen MR) is 301 cm³/mol. The third-order valence-corrected chi connectivity index (χ3v) is 15.9. The number of epoxide rings is 1. The number of benzene rings is 2. The minimum absolute atomic E-state index is 0.0476. The lowest BCUT2D eigenvalue weighted by Crippen LogP contribution is -2.63. The molecule has 4 bridgehead atoms. The van der Waals surface area contributed by atoms with Crippen LogP contribution in [0.5, 0.6) is 11.5 Å². The molecule has 476 valence electrons. The van der Waals surface area contributed by atoms with Crippen molar-refractivity contribution in [3.8, 4) is 11.5 Å². The summed E-state index contributed by atoms with van der Waals surface area (Å²) < 4.78 is 47.0. The van der Waals surface area contributed by atoms with Crippen molar-refractivity contribution in [2.75, 3.05) is 46.4 Å². The number of esters is 1. The summed E-state index contributed by atoms with van der Waals surface area (Å²) in [6.45, 7) is 6.36. The SMILES string of the molecule is COc1cc2cc(c1Cl)N(C)C(=O)C[C@H](OC(=O)C(C)N(C)C(=O)CCCn1cc(CNC(=O)OCc3ccc(O[C@@H]4O[C@H](C(=O)O)[C@@H](O)[C@H](O)[C@H]4O)c(C(=O)NCCON)c3)nn1)[C@]1(C)O[C@H]1[C@H](C)[C@@H]1C[C@@](O)(NC(=O)O1)[C@H](OC)/C=C/C=C(\C)C2. The van der Waals surface area contributed by atoms with E-state index in [0.717, 1.165) is 11.1 Å². The van der Waals surface area contributed by atoms with E-state index in [4.69, 9.17) is 55.4 Å². The molecule has 4 aliphatic rings. The van der Waals surface area contributed by atoms with Crippen molar-refractivity contribution in [2.24, 2.45) is 11.8 Å². The molecule has 3 fully saturated rings. The van der Waals surface area contributed by atoms with Crippen LogP contribution >= 0.6 is 11.6 Å². The molecule has 13 atom stereocenters. The Morgan fingerprint density at radius 3 is 2.51 bits per heavy atom. The summed E-state index contributed by atoms with van der Waals surface area (Å²) in [6.07, 6.45) is -8.68. The molecule has 0 spiro atoms. The number of likely N-dealkylation sites (N-methyl/N-ethyl adjacent to an activating group) is 1. The van der Waals surface area contributed by atoms with Crippen molar-refractivity contribution >= 4 is 59.1 Å². The van der Waals surface area contributed by atoms with Crippen LogP contribution in [0.1, 0.15) is 80.6 Å². The summed E-state index contributed by atoms with van der Waals surface area (Å²) in [6, 6.07) is 6.28. The number of hydrogen-bond acceptors (Lipinski definition) is 23. The number of fused-ring (bicyclic) bond motifs is 5. The lowest BCUT2D eigenvalue weighted by atomic mass is 9.83. The first-order chi connectivity index (χ1) is 41.2. The zero-order valence-corrected chi connectivity index (χ0v) is 49.8. The number of aliphatic hydroxyl groups is 4. The van der Waals surface area contributed by atoms with Gasteiger partial charge in [0, 0.05) is 53.1 Å². The monoisotopic (exact) mass is 1240 g/mol. The molecule has 87 heavy (non-hydrogen) atoms. The number of carbonyl (C=O) groups excluding carboxylic acids is 6. The number of aliphatic hydroxyl groups excluding tert-OH is 3. The number of hydrogen-bond donors (Lipinski definition) is 9. The Hall–Kier alpha value is -7.52. The van der Waals surface area contributed by atoms with Gasteiger partial charge in [0.1, 0.15) is 77.1 Å². The molecule has 0 radical (unpaired) electrons. The van der Waals surface area contributed by atoms with E-state index in [1.54, 1.807) is 38.1 Å². The Labute approximate surface area is 504 Å². The lowest BCUT2D eigenvalue weighted by molar-refractivity contribution is -0.271. The van der Waals surface area contributed by atoms with Crippen LogP contribution in [0.25, 0.3) is 0 Å². The highest BCUT2D eigenvalue weighted by atomic mass is 35.5. The zero-order chi connectivity index (χ0) is 63.7. The minimum Gasteiger partial charge on any atom is -0.495 e. The van der Waals surface area contributed by atoms with Crippen LogP contribution in [0.3, 0.4) is 0 Å². The second-order valence-electron chi connectivity index (χ2n) is 21.7. The number of nitrogens with zero attached hydrogens (tertiary/aromatic N) is 5. The third-order valence-electron chi connectivity index (χ3n) is 15.5. The Morgan fingerprint density at radius 2 is 1.80 bits per heavy atom. The van der Waals surface area contributed by atoms with Gasteiger partial charge in [0.05, 0.1) is 50.2 Å². The Bertz CT molecular complexity index is 3080. The number of aliphatic carboxylic acids is 1. The average molecular weight is 1240 g/mol. The highest BCUT2D eigenvalue weighted by Crippen LogP contribution is 2.49. The van der Waals surface area contributed by atoms with Crippen molar-refractivity contribution in [1.29, 1.82) is 0 Å². The Kier molecular flexibility index (Phi) is 22.3. The van der Waals surface area contributed by atoms with Crippen molar-refractivity contribution in [3.05, 3.63) is 87.7 Å². The van der Waals surface area contributed by atoms with Gasteiger partial charge in [-0.25, -0.2) is 25.1 Å². The molecular formula is C56H74ClN9O21. The number of carboxylic acids is 1. The summed E-state index contributed by atoms with van der Waals surface area (Å²) in [5.74, 6) is 0.342. The molecule has 5 heterocycles. The van der Waals surface area contributed by atoms with Crippen molar-refractivity contribution < 1.29 is 102 Å². The molecule has 31 heteroatoms. The summed E-state index contributed by atoms with van der Waals surface area (Å²) >= 11 is 6.82. The maximum atomic E-state index is 14.4. The number of halogens is 1. The maximum Gasteiger partial charge on any atom is 0.409 e. The van der Waals surface area contributed by atoms with Crippen LogP contribution in [0.15, 0.2) is 60.3 Å². The number of amides is 5. The number of aryl methyl sites for hydroxylation is 1. The molecule has 2 aromatic carbocycles. The number of anilines is 1. The fourth-order valence-electron chi connectivity index (χ4n) is 10.2. The van der Waals surface area contributed by atoms with E-state index < -0.39 is 127 Å². The minimum atomic E-state index is -1.98. The largest absolute Gasteiger partial charge is 0.495 e. The fraction of sp³-hybridized carbons (Fsp3) is 0.554. The number of nitrogens with two attached hydrogens (primary N) is 1. The number of methoxy groups -OCH3 is 2. The number of ether oxygens (including phenoxy) is 8. The summed E-state index contributed by atoms with van der Waals surface area (Å²) in [5.41, 5.74) is -0.871. The van der Waals surface area contributed by atoms with Crippen molar-refractivity contribution in [3.63, 3.8) is 0 Å². The van der Waals surface area contributed by atoms with Gasteiger partial charge in [-0.2, -0.15) is 0 Å². The number of carboxylic acid groups (broad SMARTS) is 1. The number of carbonyl (C=O) groups is 7. The predicted octanol–water partition coefficient (Wildman–Crippen LogP) is 0.904. The molecule has 1 unspecified atom stereocenters. The number of allylic oxidation sites excluding steroid dienone is 3. The van der Waals surface area contributed by atoms with Crippen LogP contribution in [0, 0.1) is 5.92 Å². The highest BCUT2D eigenvalue weighted by Gasteiger charge is 2.64. The molecule has 30 nitrogen and oxygen atoms in total. The van der Waals surface area contributed by atoms with Gasteiger partial charge in [0.25, 0.3) is 5.91 Å². The number of alkyl carbamates (subject to hydrolysis) is 2. The van der Waals surface area contributed by atoms with E-state index in [1.807, 2.05) is 13.0 Å². The van der Waals surface area contributed by atoms with E-state index in [0.29, 0.717) is 23.6 Å². The smallest absolute Gasteiger partial charge is 0.409 e. The number of aromatic nitrogens is 3. The van der Waals surface area contributed by atoms with E-state index in [1.165, 1.54) is 74.1 Å². The van der Waals surface area contributed by atoms with Gasteiger partial charge in [-0.1, -0.05) is 53.6 Å². The van der Waals surface area contributed by atoms with E-state index in [9.17, 15) is 59.1 Å². The van der Waals surface area contributed by atoms with Gasteiger partial charge in [0.2, 0.25) is 18.1 Å². The van der Waals surface area contributed by atoms with Crippen molar-refractivity contribution in [2.45, 2.75) is 152 Å². The van der Waals surface area contributed by atoms with Gasteiger partial charge in [-0.05, 0) is 69.0 Å². The van der Waals surface area contributed by atoms with E-state index in [2.05, 4.69) is 31.1 Å². The number of nitrogens with one attached hydrogen (secondary N) is 3. The molecule has 5 amide bonds. The zero-order valence-electron chi connectivity index (χ0n) is 49.1. The average Bonchev–Trinajstić information content (AvgIpc) is 1.62. The highest BCUT2D eigenvalue weighted by molar-refractivity contribution is 6.35. The summed E-state index contributed by atoms with van der Waals surface area (Å²) in [4.78, 5) is 99.9. The second kappa shape index (κ2) is 29.0.